The summed E-state index contributed by atoms with van der Waals surface area (Å²) in [4.78, 5) is 27.0. The summed E-state index contributed by atoms with van der Waals surface area (Å²) in [6.07, 6.45) is 1.40. The molecule has 0 aromatic heterocycles. The number of hydrogen-bond donors (Lipinski definition) is 3. The minimum absolute atomic E-state index is 0.0125. The topological polar surface area (TPSA) is 120 Å². The van der Waals surface area contributed by atoms with E-state index in [1.54, 1.807) is 0 Å². The molecule has 1 atom stereocenters. The fourth-order valence-corrected chi connectivity index (χ4v) is 1.52. The molecule has 0 bridgehead atoms. The quantitative estimate of drug-likeness (QED) is 0.243. The van der Waals surface area contributed by atoms with E-state index in [9.17, 15) is 9.59 Å². The van der Waals surface area contributed by atoms with Crippen LogP contribution in [-0.2, 0) is 14.3 Å². The number of amides is 1. The lowest BCUT2D eigenvalue weighted by Gasteiger charge is -2.16. The van der Waals surface area contributed by atoms with E-state index in [-0.39, 0.29) is 17.8 Å². The summed E-state index contributed by atoms with van der Waals surface area (Å²) < 4.78 is 4.66. The number of carbonyl (C=O) groups is 2. The van der Waals surface area contributed by atoms with Crippen molar-refractivity contribution in [1.82, 2.24) is 5.32 Å². The van der Waals surface area contributed by atoms with Crippen LogP contribution in [0.5, 0.6) is 0 Å². The molecule has 110 valence electrons. The van der Waals surface area contributed by atoms with Crippen LogP contribution in [0.3, 0.4) is 0 Å². The van der Waals surface area contributed by atoms with Gasteiger partial charge in [0, 0.05) is 13.0 Å². The maximum Gasteiger partial charge on any atom is 0.328 e. The Hall–Kier alpha value is -1.79. The van der Waals surface area contributed by atoms with E-state index in [1.807, 2.05) is 13.8 Å². The molecule has 0 fully saturated rings. The number of carbonyl (C=O) groups excluding carboxylic acids is 2. The molecule has 0 saturated carbocycles. The summed E-state index contributed by atoms with van der Waals surface area (Å²) in [7, 11) is 1.29. The number of esters is 1. The van der Waals surface area contributed by atoms with E-state index in [1.165, 1.54) is 7.11 Å². The minimum Gasteiger partial charge on any atom is -0.467 e. The largest absolute Gasteiger partial charge is 0.467 e. The second kappa shape index (κ2) is 9.18. The highest BCUT2D eigenvalue weighted by atomic mass is 16.5. The van der Waals surface area contributed by atoms with Gasteiger partial charge in [-0.15, -0.1) is 0 Å². The van der Waals surface area contributed by atoms with E-state index in [0.29, 0.717) is 25.8 Å². The van der Waals surface area contributed by atoms with Crippen LogP contribution in [0.15, 0.2) is 4.99 Å². The van der Waals surface area contributed by atoms with Gasteiger partial charge < -0.3 is 21.5 Å². The van der Waals surface area contributed by atoms with Crippen LogP contribution in [-0.4, -0.2) is 37.5 Å². The lowest BCUT2D eigenvalue weighted by molar-refractivity contribution is -0.145. The Morgan fingerprint density at radius 1 is 1.32 bits per heavy atom. The summed E-state index contributed by atoms with van der Waals surface area (Å²) in [6, 6.07) is -0.648. The summed E-state index contributed by atoms with van der Waals surface area (Å²) in [5.74, 6) is -0.368. The molecule has 0 rings (SSSR count). The summed E-state index contributed by atoms with van der Waals surface area (Å²) >= 11 is 0. The molecule has 0 radical (unpaired) electrons. The average Bonchev–Trinajstić information content (AvgIpc) is 2.30. The number of nitrogens with two attached hydrogens (primary N) is 2. The molecule has 19 heavy (non-hydrogen) atoms. The van der Waals surface area contributed by atoms with Crippen molar-refractivity contribution in [1.29, 1.82) is 0 Å². The maximum atomic E-state index is 11.6. The van der Waals surface area contributed by atoms with Gasteiger partial charge in [-0.3, -0.25) is 9.79 Å². The van der Waals surface area contributed by atoms with Gasteiger partial charge in [0.1, 0.15) is 6.04 Å². The highest BCUT2D eigenvalue weighted by Gasteiger charge is 2.21. The zero-order chi connectivity index (χ0) is 14.8. The van der Waals surface area contributed by atoms with E-state index in [4.69, 9.17) is 11.5 Å². The molecule has 0 aromatic rings. The van der Waals surface area contributed by atoms with Crippen molar-refractivity contribution < 1.29 is 14.3 Å². The Balaban J connectivity index is 4.27. The zero-order valence-electron chi connectivity index (χ0n) is 11.8. The standard InChI is InChI=1S/C12H24N4O3/c1-8(2)7-10(17)16-9(11(18)19-3)5-4-6-15-12(13)14/h8-9H,4-7H2,1-3H3,(H,16,17)(H4,13,14,15)/t9-/m0/s1. The van der Waals surface area contributed by atoms with Crippen molar-refractivity contribution in [3.05, 3.63) is 0 Å². The fraction of sp³-hybridized carbons (Fsp3) is 0.750. The summed E-state index contributed by atoms with van der Waals surface area (Å²) in [6.45, 7) is 4.28. The number of nitrogens with one attached hydrogen (secondary N) is 1. The Morgan fingerprint density at radius 2 is 1.95 bits per heavy atom. The van der Waals surface area contributed by atoms with Crippen molar-refractivity contribution in [2.75, 3.05) is 13.7 Å². The van der Waals surface area contributed by atoms with Crippen molar-refractivity contribution in [2.24, 2.45) is 22.4 Å². The van der Waals surface area contributed by atoms with Crippen LogP contribution in [0, 0.1) is 5.92 Å². The van der Waals surface area contributed by atoms with Gasteiger partial charge >= 0.3 is 5.97 Å². The van der Waals surface area contributed by atoms with Crippen LogP contribution in [0.4, 0.5) is 0 Å². The molecule has 0 spiro atoms. The van der Waals surface area contributed by atoms with E-state index in [0.717, 1.165) is 0 Å². The molecule has 0 aliphatic carbocycles. The molecular formula is C12H24N4O3. The molecule has 7 nitrogen and oxygen atoms in total. The fourth-order valence-electron chi connectivity index (χ4n) is 1.52. The van der Waals surface area contributed by atoms with E-state index >= 15 is 0 Å². The van der Waals surface area contributed by atoms with Crippen molar-refractivity contribution in [3.8, 4) is 0 Å². The Labute approximate surface area is 113 Å². The monoisotopic (exact) mass is 272 g/mol. The molecular weight excluding hydrogens is 248 g/mol. The van der Waals surface area contributed by atoms with Crippen LogP contribution >= 0.6 is 0 Å². The zero-order valence-corrected chi connectivity index (χ0v) is 11.8. The van der Waals surface area contributed by atoms with Crippen LogP contribution in [0.1, 0.15) is 33.1 Å². The van der Waals surface area contributed by atoms with Gasteiger partial charge in [-0.25, -0.2) is 4.79 Å². The molecule has 0 aromatic carbocycles. The first-order valence-electron chi connectivity index (χ1n) is 6.29. The van der Waals surface area contributed by atoms with Gasteiger partial charge in [0.05, 0.1) is 7.11 Å². The second-order valence-corrected chi connectivity index (χ2v) is 4.69. The third kappa shape index (κ3) is 8.87. The Kier molecular flexibility index (Phi) is 8.32. The number of hydrogen-bond acceptors (Lipinski definition) is 4. The predicted octanol–water partition coefficient (Wildman–Crippen LogP) is -0.256. The van der Waals surface area contributed by atoms with Crippen molar-refractivity contribution in [3.63, 3.8) is 0 Å². The number of nitrogens with zero attached hydrogens (tertiary/aromatic N) is 1. The van der Waals surface area contributed by atoms with E-state index in [2.05, 4.69) is 15.0 Å². The van der Waals surface area contributed by atoms with Gasteiger partial charge in [0.2, 0.25) is 5.91 Å². The average molecular weight is 272 g/mol. The van der Waals surface area contributed by atoms with Crippen LogP contribution < -0.4 is 16.8 Å². The summed E-state index contributed by atoms with van der Waals surface area (Å²) in [5, 5.41) is 2.66. The number of methoxy groups -OCH3 is 1. The second-order valence-electron chi connectivity index (χ2n) is 4.69. The maximum absolute atomic E-state index is 11.6. The first-order chi connectivity index (χ1) is 8.86. The molecule has 7 heteroatoms. The highest BCUT2D eigenvalue weighted by molar-refractivity contribution is 5.84. The molecule has 5 N–H and O–H groups in total. The van der Waals surface area contributed by atoms with Gasteiger partial charge in [-0.2, -0.15) is 0 Å². The lowest BCUT2D eigenvalue weighted by atomic mass is 10.1. The number of aliphatic imine (C=N–C) groups is 1. The Bertz CT molecular complexity index is 325. The normalized spacial score (nSPS) is 11.8. The minimum atomic E-state index is -0.648. The predicted molar refractivity (Wildman–Crippen MR) is 73.3 cm³/mol. The van der Waals surface area contributed by atoms with Gasteiger partial charge in [-0.1, -0.05) is 13.8 Å². The molecule has 0 aliphatic heterocycles. The van der Waals surface area contributed by atoms with Crippen LogP contribution in [0.25, 0.3) is 0 Å². The SMILES string of the molecule is COC(=O)[C@H](CCCN=C(N)N)NC(=O)CC(C)C. The first-order valence-corrected chi connectivity index (χ1v) is 6.29. The number of rotatable bonds is 8. The first kappa shape index (κ1) is 17.2. The van der Waals surface area contributed by atoms with Crippen molar-refractivity contribution in [2.45, 2.75) is 39.2 Å². The van der Waals surface area contributed by atoms with Crippen molar-refractivity contribution >= 4 is 17.8 Å². The smallest absolute Gasteiger partial charge is 0.328 e. The van der Waals surface area contributed by atoms with E-state index < -0.39 is 12.0 Å². The molecule has 0 heterocycles. The highest BCUT2D eigenvalue weighted by Crippen LogP contribution is 2.04. The molecule has 1 amide bonds. The third-order valence-electron chi connectivity index (χ3n) is 2.36. The molecule has 0 unspecified atom stereocenters. The molecule has 0 aliphatic rings. The molecule has 0 saturated heterocycles. The van der Waals surface area contributed by atoms with Crippen LogP contribution in [0.2, 0.25) is 0 Å². The van der Waals surface area contributed by atoms with Gasteiger partial charge in [0.25, 0.3) is 0 Å². The Morgan fingerprint density at radius 3 is 2.42 bits per heavy atom. The lowest BCUT2D eigenvalue weighted by Crippen LogP contribution is -2.42. The van der Waals surface area contributed by atoms with Gasteiger partial charge in [-0.05, 0) is 18.8 Å². The number of guanidine groups is 1. The number of ether oxygens (including phenoxy) is 1. The van der Waals surface area contributed by atoms with Gasteiger partial charge in [0.15, 0.2) is 5.96 Å². The summed E-state index contributed by atoms with van der Waals surface area (Å²) in [5.41, 5.74) is 10.4. The third-order valence-corrected chi connectivity index (χ3v) is 2.36.